The fourth-order valence-corrected chi connectivity index (χ4v) is 6.37. The molecule has 1 aliphatic heterocycles. The van der Waals surface area contributed by atoms with E-state index in [0.717, 1.165) is 27.2 Å². The summed E-state index contributed by atoms with van der Waals surface area (Å²) in [6.07, 6.45) is -4.17. The molecule has 9 heteroatoms. The lowest BCUT2D eigenvalue weighted by atomic mass is 9.67. The van der Waals surface area contributed by atoms with Gasteiger partial charge in [0.05, 0.1) is 28.8 Å². The Morgan fingerprint density at radius 1 is 1.09 bits per heavy atom. The zero-order valence-corrected chi connectivity index (χ0v) is 25.9. The highest BCUT2D eigenvalue weighted by Gasteiger charge is 2.47. The number of ether oxygens (including phenoxy) is 1. The van der Waals surface area contributed by atoms with Gasteiger partial charge in [-0.2, -0.15) is 18.4 Å². The van der Waals surface area contributed by atoms with Crippen molar-refractivity contribution in [2.45, 2.75) is 59.2 Å². The summed E-state index contributed by atoms with van der Waals surface area (Å²) in [6.45, 7) is 7.89. The third-order valence-electron chi connectivity index (χ3n) is 8.05. The van der Waals surface area contributed by atoms with E-state index in [1.807, 2.05) is 64.1 Å². The number of Topliss-reactive ketones (excluding diaryl/α,β-unsaturated/α-hetero) is 1. The van der Waals surface area contributed by atoms with Crippen LogP contribution < -0.4 is 15.4 Å². The van der Waals surface area contributed by atoms with Crippen LogP contribution in [0.2, 0.25) is 0 Å². The molecule has 0 fully saturated rings. The Bertz CT molecular complexity index is 1720. The molecule has 1 aliphatic carbocycles. The Hall–Kier alpha value is -4.03. The second kappa shape index (κ2) is 11.2. The molecular formula is C34H31BrF3N3O2. The zero-order valence-electron chi connectivity index (χ0n) is 24.3. The van der Waals surface area contributed by atoms with Crippen LogP contribution in [-0.4, -0.2) is 5.78 Å². The number of aryl methyl sites for hydroxylation is 1. The first-order chi connectivity index (χ1) is 20.2. The lowest BCUT2D eigenvalue weighted by Gasteiger charge is -2.44. The molecule has 1 heterocycles. The number of nitriles is 1. The van der Waals surface area contributed by atoms with Gasteiger partial charge in [-0.05, 0) is 78.8 Å². The van der Waals surface area contributed by atoms with E-state index in [2.05, 4.69) is 22.0 Å². The Balaban J connectivity index is 1.70. The van der Waals surface area contributed by atoms with Crippen molar-refractivity contribution in [3.63, 3.8) is 0 Å². The molecule has 3 aromatic carbocycles. The van der Waals surface area contributed by atoms with Gasteiger partial charge in [0.25, 0.3) is 0 Å². The summed E-state index contributed by atoms with van der Waals surface area (Å²) in [6, 6.07) is 18.7. The third kappa shape index (κ3) is 5.81. The van der Waals surface area contributed by atoms with Crippen molar-refractivity contribution in [2.24, 2.45) is 11.1 Å². The quantitative estimate of drug-likeness (QED) is 0.299. The molecule has 1 unspecified atom stereocenters. The van der Waals surface area contributed by atoms with Crippen molar-refractivity contribution in [1.82, 2.24) is 0 Å². The highest BCUT2D eigenvalue weighted by Crippen LogP contribution is 2.52. The molecule has 2 N–H and O–H groups in total. The summed E-state index contributed by atoms with van der Waals surface area (Å²) in [5.74, 6) is -0.468. The summed E-state index contributed by atoms with van der Waals surface area (Å²) < 4.78 is 49.6. The Morgan fingerprint density at radius 2 is 1.77 bits per heavy atom. The number of para-hydroxylation sites is 1. The molecule has 1 atom stereocenters. The summed E-state index contributed by atoms with van der Waals surface area (Å²) >= 11 is 3.42. The van der Waals surface area contributed by atoms with Gasteiger partial charge in [-0.25, -0.2) is 0 Å². The Labute approximate surface area is 257 Å². The van der Waals surface area contributed by atoms with E-state index < -0.39 is 23.1 Å². The van der Waals surface area contributed by atoms with Gasteiger partial charge in [0, 0.05) is 22.2 Å². The average molecular weight is 651 g/mol. The first-order valence-electron chi connectivity index (χ1n) is 13.8. The van der Waals surface area contributed by atoms with Crippen molar-refractivity contribution in [1.29, 1.82) is 5.26 Å². The number of halogens is 4. The number of hydrogen-bond donors (Lipinski definition) is 1. The van der Waals surface area contributed by atoms with Crippen molar-refractivity contribution < 1.29 is 22.7 Å². The molecule has 0 bridgehead atoms. The second-order valence-electron chi connectivity index (χ2n) is 11.9. The highest BCUT2D eigenvalue weighted by molar-refractivity contribution is 9.10. The number of anilines is 1. The summed E-state index contributed by atoms with van der Waals surface area (Å²) in [7, 11) is 0. The van der Waals surface area contributed by atoms with Crippen LogP contribution in [-0.2, 0) is 17.6 Å². The van der Waals surface area contributed by atoms with Gasteiger partial charge in [-0.15, -0.1) is 0 Å². The smallest absolute Gasteiger partial charge is 0.418 e. The van der Waals surface area contributed by atoms with Crippen molar-refractivity contribution in [3.8, 4) is 11.8 Å². The van der Waals surface area contributed by atoms with Crippen molar-refractivity contribution in [3.05, 3.63) is 116 Å². The molecule has 5 rings (SSSR count). The maximum Gasteiger partial charge on any atom is 0.418 e. The highest BCUT2D eigenvalue weighted by atomic mass is 79.9. The van der Waals surface area contributed by atoms with Crippen LogP contribution in [0.3, 0.4) is 0 Å². The average Bonchev–Trinajstić information content (AvgIpc) is 2.92. The molecule has 2 aliphatic rings. The van der Waals surface area contributed by atoms with Crippen LogP contribution in [0.15, 0.2) is 87.8 Å². The Morgan fingerprint density at radius 3 is 2.42 bits per heavy atom. The number of allylic oxidation sites excluding steroid dienone is 3. The predicted octanol–water partition coefficient (Wildman–Crippen LogP) is 8.60. The monoisotopic (exact) mass is 649 g/mol. The maximum absolute atomic E-state index is 14.2. The molecule has 0 radical (unpaired) electrons. The molecular weight excluding hydrogens is 619 g/mol. The topological polar surface area (TPSA) is 79.3 Å². The van der Waals surface area contributed by atoms with E-state index in [1.165, 1.54) is 23.1 Å². The lowest BCUT2D eigenvalue weighted by molar-refractivity contribution is -0.137. The first-order valence-corrected chi connectivity index (χ1v) is 14.6. The van der Waals surface area contributed by atoms with Crippen molar-refractivity contribution >= 4 is 27.4 Å². The molecule has 0 amide bonds. The first kappa shape index (κ1) is 30.4. The number of alkyl halides is 3. The largest absolute Gasteiger partial charge is 0.489 e. The molecule has 5 nitrogen and oxygen atoms in total. The minimum absolute atomic E-state index is 0.0391. The molecule has 0 spiro atoms. The van der Waals surface area contributed by atoms with Crippen LogP contribution in [0.4, 0.5) is 18.9 Å². The van der Waals surface area contributed by atoms with Gasteiger partial charge in [0.2, 0.25) is 0 Å². The molecule has 43 heavy (non-hydrogen) atoms. The number of ketones is 1. The van der Waals surface area contributed by atoms with Crippen LogP contribution in [0.5, 0.6) is 5.75 Å². The van der Waals surface area contributed by atoms with Crippen LogP contribution >= 0.6 is 15.9 Å². The number of hydrogen-bond acceptors (Lipinski definition) is 5. The SMILES string of the molecule is Cc1cc(COc2ccc(Br)cc2)c(C)c(C2C(C#N)=C(N)N(c3ccccc3C(F)(F)F)C3=C2C(=O)CC(C)(C)C3)c1. The minimum Gasteiger partial charge on any atom is -0.489 e. The van der Waals surface area contributed by atoms with Crippen LogP contribution in [0.1, 0.15) is 60.4 Å². The number of carbonyl (C=O) groups excluding carboxylic acids is 1. The van der Waals surface area contributed by atoms with Gasteiger partial charge >= 0.3 is 6.18 Å². The third-order valence-corrected chi connectivity index (χ3v) is 8.58. The van der Waals surface area contributed by atoms with Gasteiger partial charge in [0.1, 0.15) is 18.2 Å². The number of carbonyl (C=O) groups is 1. The van der Waals surface area contributed by atoms with Crippen LogP contribution in [0, 0.1) is 30.6 Å². The standard InChI is InChI=1S/C34H31BrF3N3O2/c1-19-13-21(18-43-23-11-9-22(35)10-12-23)20(2)24(14-19)30-25(17-39)32(40)41(27-8-6-5-7-26(27)34(36,37)38)28-15-33(3,4)16-29(42)31(28)30/h5-14,30H,15-16,18,40H2,1-4H3. The van der Waals surface area contributed by atoms with E-state index in [9.17, 15) is 23.2 Å². The molecule has 0 saturated heterocycles. The van der Waals surface area contributed by atoms with Crippen LogP contribution in [0.25, 0.3) is 0 Å². The summed E-state index contributed by atoms with van der Waals surface area (Å²) in [5.41, 5.74) is 9.07. The van der Waals surface area contributed by atoms with E-state index >= 15 is 0 Å². The fraction of sp³-hybridized carbons (Fsp3) is 0.294. The second-order valence-corrected chi connectivity index (χ2v) is 12.8. The minimum atomic E-state index is -4.67. The van der Waals surface area contributed by atoms with E-state index in [4.69, 9.17) is 10.5 Å². The van der Waals surface area contributed by atoms with Gasteiger partial charge in [0.15, 0.2) is 5.78 Å². The number of benzene rings is 3. The van der Waals surface area contributed by atoms with Gasteiger partial charge in [-0.3, -0.25) is 9.69 Å². The molecule has 0 saturated carbocycles. The number of nitrogens with zero attached hydrogens (tertiary/aromatic N) is 2. The Kier molecular flexibility index (Phi) is 7.95. The van der Waals surface area contributed by atoms with E-state index in [-0.39, 0.29) is 35.9 Å². The van der Waals surface area contributed by atoms with Gasteiger partial charge < -0.3 is 10.5 Å². The van der Waals surface area contributed by atoms with Crippen molar-refractivity contribution in [2.75, 3.05) is 4.90 Å². The number of nitrogens with two attached hydrogens (primary N) is 1. The molecule has 222 valence electrons. The maximum atomic E-state index is 14.2. The summed E-state index contributed by atoms with van der Waals surface area (Å²) in [4.78, 5) is 15.3. The zero-order chi connectivity index (χ0) is 31.3. The summed E-state index contributed by atoms with van der Waals surface area (Å²) in [5, 5.41) is 10.5. The molecule has 0 aromatic heterocycles. The molecule has 3 aromatic rings. The predicted molar refractivity (Wildman–Crippen MR) is 163 cm³/mol. The fourth-order valence-electron chi connectivity index (χ4n) is 6.11. The normalized spacial score (nSPS) is 18.4. The number of rotatable bonds is 5. The van der Waals surface area contributed by atoms with E-state index in [0.29, 0.717) is 29.0 Å². The lowest BCUT2D eigenvalue weighted by Crippen LogP contribution is -2.42. The van der Waals surface area contributed by atoms with Gasteiger partial charge in [-0.1, -0.05) is 59.6 Å². The van der Waals surface area contributed by atoms with E-state index in [1.54, 1.807) is 0 Å².